The molecule has 174 valence electrons. The van der Waals surface area contributed by atoms with Gasteiger partial charge in [0.15, 0.2) is 0 Å². The van der Waals surface area contributed by atoms with Gasteiger partial charge in [0, 0.05) is 39.1 Å². The lowest BCUT2D eigenvalue weighted by Crippen LogP contribution is -2.47. The first kappa shape index (κ1) is 25.1. The molecule has 1 unspecified atom stereocenters. The molecule has 1 saturated heterocycles. The van der Waals surface area contributed by atoms with Gasteiger partial charge in [-0.15, -0.1) is 0 Å². The van der Waals surface area contributed by atoms with Crippen molar-refractivity contribution >= 4 is 12.1 Å². The molecule has 1 aliphatic rings. The predicted molar refractivity (Wildman–Crippen MR) is 120 cm³/mol. The fraction of sp³-hybridized carbons (Fsp3) is 0.667. The molecule has 1 atom stereocenters. The summed E-state index contributed by atoms with van der Waals surface area (Å²) in [4.78, 5) is 27.4. The maximum Gasteiger partial charge on any atom is 0.410 e. The van der Waals surface area contributed by atoms with E-state index < -0.39 is 11.6 Å². The zero-order valence-corrected chi connectivity index (χ0v) is 19.4. The SMILES string of the molecule is CN(C(=O)OC(C)(C)C)C1CCN(CCC(CCC(=O)O)OCc2ccccc2)CC1. The molecule has 1 aromatic carbocycles. The van der Waals surface area contributed by atoms with Crippen molar-refractivity contribution in [3.05, 3.63) is 35.9 Å². The van der Waals surface area contributed by atoms with E-state index in [1.165, 1.54) is 0 Å². The molecule has 1 aromatic rings. The summed E-state index contributed by atoms with van der Waals surface area (Å²) >= 11 is 0. The van der Waals surface area contributed by atoms with Crippen LogP contribution in [0, 0.1) is 0 Å². The number of carboxylic acid groups (broad SMARTS) is 1. The van der Waals surface area contributed by atoms with Gasteiger partial charge in [-0.05, 0) is 52.0 Å². The van der Waals surface area contributed by atoms with E-state index in [-0.39, 0.29) is 24.7 Å². The number of carbonyl (C=O) groups is 2. The summed E-state index contributed by atoms with van der Waals surface area (Å²) < 4.78 is 11.5. The molecule has 0 saturated carbocycles. The van der Waals surface area contributed by atoms with Crippen LogP contribution in [-0.2, 0) is 20.9 Å². The molecule has 1 amide bonds. The maximum atomic E-state index is 12.3. The monoisotopic (exact) mass is 434 g/mol. The number of amides is 1. The molecular formula is C24H38N2O5. The molecule has 31 heavy (non-hydrogen) atoms. The third-order valence-corrected chi connectivity index (χ3v) is 5.56. The van der Waals surface area contributed by atoms with E-state index >= 15 is 0 Å². The highest BCUT2D eigenvalue weighted by molar-refractivity contribution is 5.68. The minimum Gasteiger partial charge on any atom is -0.481 e. The molecule has 7 heteroatoms. The van der Waals surface area contributed by atoms with Crippen molar-refractivity contribution in [3.63, 3.8) is 0 Å². The standard InChI is InChI=1S/C24H38N2O5/c1-24(2,3)31-23(29)25(4)20-12-15-26(16-13-20)17-14-21(10-11-22(27)28)30-18-19-8-6-5-7-9-19/h5-9,20-21H,10-18H2,1-4H3,(H,27,28). The van der Waals surface area contributed by atoms with E-state index in [9.17, 15) is 9.59 Å². The second-order valence-corrected chi connectivity index (χ2v) is 9.30. The summed E-state index contributed by atoms with van der Waals surface area (Å²) in [5.41, 5.74) is 0.602. The van der Waals surface area contributed by atoms with E-state index in [1.807, 2.05) is 58.2 Å². The largest absolute Gasteiger partial charge is 0.481 e. The van der Waals surface area contributed by atoms with Gasteiger partial charge in [0.2, 0.25) is 0 Å². The zero-order chi connectivity index (χ0) is 22.9. The van der Waals surface area contributed by atoms with E-state index in [0.717, 1.165) is 44.5 Å². The van der Waals surface area contributed by atoms with Crippen molar-refractivity contribution in [2.75, 3.05) is 26.7 Å². The number of piperidine rings is 1. The molecule has 0 spiro atoms. The van der Waals surface area contributed by atoms with Crippen molar-refractivity contribution in [1.29, 1.82) is 0 Å². The van der Waals surface area contributed by atoms with Crippen LogP contribution in [0.25, 0.3) is 0 Å². The fourth-order valence-electron chi connectivity index (χ4n) is 3.72. The Morgan fingerprint density at radius 3 is 2.39 bits per heavy atom. The van der Waals surface area contributed by atoms with Gasteiger partial charge in [-0.25, -0.2) is 4.79 Å². The number of carboxylic acids is 1. The first-order valence-corrected chi connectivity index (χ1v) is 11.2. The van der Waals surface area contributed by atoms with Crippen LogP contribution < -0.4 is 0 Å². The van der Waals surface area contributed by atoms with Crippen LogP contribution in [0.2, 0.25) is 0 Å². The molecule has 7 nitrogen and oxygen atoms in total. The van der Waals surface area contributed by atoms with Crippen molar-refractivity contribution < 1.29 is 24.2 Å². The van der Waals surface area contributed by atoms with Crippen LogP contribution in [0.5, 0.6) is 0 Å². The van der Waals surface area contributed by atoms with Gasteiger partial charge in [0.25, 0.3) is 0 Å². The van der Waals surface area contributed by atoms with Crippen LogP contribution in [-0.4, -0.2) is 71.4 Å². The number of hydrogen-bond donors (Lipinski definition) is 1. The summed E-state index contributed by atoms with van der Waals surface area (Å²) in [6.45, 7) is 8.80. The molecule has 0 bridgehead atoms. The number of benzene rings is 1. The van der Waals surface area contributed by atoms with Crippen LogP contribution in [0.1, 0.15) is 58.4 Å². The highest BCUT2D eigenvalue weighted by Crippen LogP contribution is 2.20. The van der Waals surface area contributed by atoms with Gasteiger partial charge < -0.3 is 24.4 Å². The Morgan fingerprint density at radius 2 is 1.81 bits per heavy atom. The topological polar surface area (TPSA) is 79.3 Å². The van der Waals surface area contributed by atoms with Crippen LogP contribution >= 0.6 is 0 Å². The number of aliphatic carboxylic acids is 1. The van der Waals surface area contributed by atoms with Gasteiger partial charge in [-0.1, -0.05) is 30.3 Å². The first-order valence-electron chi connectivity index (χ1n) is 11.2. The van der Waals surface area contributed by atoms with E-state index in [2.05, 4.69) is 4.90 Å². The quantitative estimate of drug-likeness (QED) is 0.596. The van der Waals surface area contributed by atoms with Crippen LogP contribution in [0.3, 0.4) is 0 Å². The smallest absolute Gasteiger partial charge is 0.410 e. The van der Waals surface area contributed by atoms with Crippen molar-refractivity contribution in [2.45, 2.75) is 77.2 Å². The first-order chi connectivity index (χ1) is 14.6. The van der Waals surface area contributed by atoms with E-state index in [1.54, 1.807) is 4.90 Å². The number of rotatable bonds is 10. The molecule has 1 aliphatic heterocycles. The Hall–Kier alpha value is -2.12. The molecule has 1 N–H and O–H groups in total. The van der Waals surface area contributed by atoms with Crippen LogP contribution in [0.4, 0.5) is 4.79 Å². The van der Waals surface area contributed by atoms with E-state index in [4.69, 9.17) is 14.6 Å². The number of nitrogens with zero attached hydrogens (tertiary/aromatic N) is 2. The molecule has 2 rings (SSSR count). The summed E-state index contributed by atoms with van der Waals surface area (Å²) in [6, 6.07) is 10.1. The van der Waals surface area contributed by atoms with Gasteiger partial charge in [-0.3, -0.25) is 4.79 Å². The Kier molecular flexibility index (Phi) is 9.78. The number of ether oxygens (including phenoxy) is 2. The predicted octanol–water partition coefficient (Wildman–Crippen LogP) is 4.16. The lowest BCUT2D eigenvalue weighted by molar-refractivity contribution is -0.138. The van der Waals surface area contributed by atoms with E-state index in [0.29, 0.717) is 13.0 Å². The highest BCUT2D eigenvalue weighted by Gasteiger charge is 2.28. The summed E-state index contributed by atoms with van der Waals surface area (Å²) in [5.74, 6) is -0.792. The zero-order valence-electron chi connectivity index (χ0n) is 19.4. The Balaban J connectivity index is 1.77. The molecule has 1 fully saturated rings. The lowest BCUT2D eigenvalue weighted by Gasteiger charge is -2.37. The van der Waals surface area contributed by atoms with Gasteiger partial charge in [-0.2, -0.15) is 0 Å². The second kappa shape index (κ2) is 12.1. The van der Waals surface area contributed by atoms with Gasteiger partial charge in [0.05, 0.1) is 12.7 Å². The summed E-state index contributed by atoms with van der Waals surface area (Å²) in [6.07, 6.45) is 2.88. The van der Waals surface area contributed by atoms with Crippen molar-refractivity contribution in [1.82, 2.24) is 9.80 Å². The molecule has 1 heterocycles. The normalized spacial score (nSPS) is 16.6. The molecule has 0 radical (unpaired) electrons. The lowest BCUT2D eigenvalue weighted by atomic mass is 10.0. The van der Waals surface area contributed by atoms with Crippen LogP contribution in [0.15, 0.2) is 30.3 Å². The van der Waals surface area contributed by atoms with Crippen molar-refractivity contribution in [2.24, 2.45) is 0 Å². The number of hydrogen-bond acceptors (Lipinski definition) is 5. The average molecular weight is 435 g/mol. The van der Waals surface area contributed by atoms with Gasteiger partial charge in [0.1, 0.15) is 5.60 Å². The van der Waals surface area contributed by atoms with Gasteiger partial charge >= 0.3 is 12.1 Å². The fourth-order valence-corrected chi connectivity index (χ4v) is 3.72. The second-order valence-electron chi connectivity index (χ2n) is 9.30. The number of carbonyl (C=O) groups excluding carboxylic acids is 1. The number of likely N-dealkylation sites (tertiary alicyclic amines) is 1. The third-order valence-electron chi connectivity index (χ3n) is 5.56. The molecule has 0 aromatic heterocycles. The Labute approximate surface area is 186 Å². The maximum absolute atomic E-state index is 12.3. The highest BCUT2D eigenvalue weighted by atomic mass is 16.6. The minimum absolute atomic E-state index is 0.0848. The molecular weight excluding hydrogens is 396 g/mol. The Morgan fingerprint density at radius 1 is 1.16 bits per heavy atom. The summed E-state index contributed by atoms with van der Waals surface area (Å²) in [7, 11) is 1.81. The average Bonchev–Trinajstić information content (AvgIpc) is 2.72. The third kappa shape index (κ3) is 9.70. The van der Waals surface area contributed by atoms with Crippen molar-refractivity contribution in [3.8, 4) is 0 Å². The minimum atomic E-state index is -0.792. The molecule has 0 aliphatic carbocycles. The summed E-state index contributed by atoms with van der Waals surface area (Å²) in [5, 5.41) is 9.05. The Bertz CT molecular complexity index is 681.